The number of sulfonamides is 1. The summed E-state index contributed by atoms with van der Waals surface area (Å²) in [5.41, 5.74) is 0.777. The van der Waals surface area contributed by atoms with Gasteiger partial charge in [-0.2, -0.15) is 4.31 Å². The number of benzene rings is 1. The molecule has 0 atom stereocenters. The van der Waals surface area contributed by atoms with Gasteiger partial charge >= 0.3 is 6.03 Å². The zero-order chi connectivity index (χ0) is 19.3. The predicted molar refractivity (Wildman–Crippen MR) is 99.8 cm³/mol. The third-order valence-electron chi connectivity index (χ3n) is 4.38. The van der Waals surface area contributed by atoms with Gasteiger partial charge in [0.15, 0.2) is 0 Å². The van der Waals surface area contributed by atoms with Crippen molar-refractivity contribution in [3.05, 3.63) is 54.2 Å². The van der Waals surface area contributed by atoms with Crippen molar-refractivity contribution >= 4 is 16.1 Å². The van der Waals surface area contributed by atoms with Crippen molar-refractivity contribution in [1.82, 2.24) is 19.5 Å². The third-order valence-corrected chi connectivity index (χ3v) is 6.29. The normalized spacial score (nSPS) is 15.4. The highest BCUT2D eigenvalue weighted by Crippen LogP contribution is 2.17. The van der Waals surface area contributed by atoms with Gasteiger partial charge in [0, 0.05) is 44.5 Å². The highest BCUT2D eigenvalue weighted by Gasteiger charge is 2.29. The van der Waals surface area contributed by atoms with Gasteiger partial charge in [0.1, 0.15) is 0 Å². The van der Waals surface area contributed by atoms with Crippen LogP contribution in [0.4, 0.5) is 4.79 Å². The Kier molecular flexibility index (Phi) is 5.92. The van der Waals surface area contributed by atoms with E-state index in [2.05, 4.69) is 10.3 Å². The first kappa shape index (κ1) is 19.1. The maximum Gasteiger partial charge on any atom is 0.317 e. The van der Waals surface area contributed by atoms with Crippen molar-refractivity contribution in [2.24, 2.45) is 0 Å². The maximum atomic E-state index is 12.6. The molecule has 1 aliphatic rings. The van der Waals surface area contributed by atoms with Gasteiger partial charge < -0.3 is 15.0 Å². The van der Waals surface area contributed by atoms with Crippen LogP contribution in [-0.4, -0.2) is 61.9 Å². The van der Waals surface area contributed by atoms with Crippen molar-refractivity contribution in [2.75, 3.05) is 33.3 Å². The summed E-state index contributed by atoms with van der Waals surface area (Å²) in [6.07, 6.45) is 1.62. The summed E-state index contributed by atoms with van der Waals surface area (Å²) in [6.45, 7) is 1.49. The zero-order valence-corrected chi connectivity index (χ0v) is 15.9. The van der Waals surface area contributed by atoms with Crippen LogP contribution in [0.2, 0.25) is 0 Å². The fourth-order valence-electron chi connectivity index (χ4n) is 2.90. The summed E-state index contributed by atoms with van der Waals surface area (Å²) < 4.78 is 31.8. The van der Waals surface area contributed by atoms with Crippen molar-refractivity contribution in [2.45, 2.75) is 11.4 Å². The van der Waals surface area contributed by atoms with E-state index in [0.717, 1.165) is 5.56 Å². The van der Waals surface area contributed by atoms with Gasteiger partial charge in [-0.05, 0) is 18.2 Å². The van der Waals surface area contributed by atoms with Crippen molar-refractivity contribution in [3.8, 4) is 5.88 Å². The number of carbonyl (C=O) groups excluding carboxylic acids is 1. The van der Waals surface area contributed by atoms with Gasteiger partial charge in [0.25, 0.3) is 0 Å². The Bertz CT molecular complexity index is 881. The summed E-state index contributed by atoms with van der Waals surface area (Å²) in [7, 11) is -2.00. The molecule has 2 amide bonds. The van der Waals surface area contributed by atoms with Gasteiger partial charge in [-0.3, -0.25) is 0 Å². The molecule has 1 aromatic carbocycles. The first-order chi connectivity index (χ1) is 13.0. The largest absolute Gasteiger partial charge is 0.481 e. The number of aromatic nitrogens is 1. The number of hydrogen-bond acceptors (Lipinski definition) is 5. The molecular formula is C18H22N4O4S. The molecule has 0 aliphatic carbocycles. The van der Waals surface area contributed by atoms with Gasteiger partial charge in [-0.1, -0.05) is 24.3 Å². The lowest BCUT2D eigenvalue weighted by atomic mass is 10.2. The minimum Gasteiger partial charge on any atom is -0.481 e. The van der Waals surface area contributed by atoms with Crippen LogP contribution in [0.5, 0.6) is 5.88 Å². The Morgan fingerprint density at radius 1 is 1.11 bits per heavy atom. The molecule has 0 spiro atoms. The number of ether oxygens (including phenoxy) is 1. The minimum absolute atomic E-state index is 0.238. The molecule has 2 aromatic rings. The van der Waals surface area contributed by atoms with E-state index in [9.17, 15) is 13.2 Å². The van der Waals surface area contributed by atoms with Gasteiger partial charge in [-0.25, -0.2) is 18.2 Å². The minimum atomic E-state index is -3.53. The molecule has 1 N–H and O–H groups in total. The number of methoxy groups -OCH3 is 1. The number of piperazine rings is 1. The van der Waals surface area contributed by atoms with E-state index in [1.165, 1.54) is 11.4 Å². The van der Waals surface area contributed by atoms with Crippen LogP contribution >= 0.6 is 0 Å². The molecule has 1 aromatic heterocycles. The summed E-state index contributed by atoms with van der Waals surface area (Å²) in [5.74, 6) is 0.469. The van der Waals surface area contributed by atoms with E-state index >= 15 is 0 Å². The second kappa shape index (κ2) is 8.36. The van der Waals surface area contributed by atoms with Crippen LogP contribution in [0, 0.1) is 0 Å². The first-order valence-corrected chi connectivity index (χ1v) is 10.0. The molecule has 27 heavy (non-hydrogen) atoms. The Morgan fingerprint density at radius 2 is 1.81 bits per heavy atom. The zero-order valence-electron chi connectivity index (χ0n) is 15.0. The SMILES string of the molecule is COc1ncccc1CNC(=O)N1CCN(S(=O)(=O)c2ccccc2)CC1. The second-order valence-corrected chi connectivity index (χ2v) is 7.97. The van der Waals surface area contributed by atoms with Crippen molar-refractivity contribution in [1.29, 1.82) is 0 Å². The van der Waals surface area contributed by atoms with E-state index < -0.39 is 10.0 Å². The molecule has 0 bridgehead atoms. The predicted octanol–water partition coefficient (Wildman–Crippen LogP) is 1.31. The first-order valence-electron chi connectivity index (χ1n) is 8.58. The Morgan fingerprint density at radius 3 is 2.48 bits per heavy atom. The molecule has 9 heteroatoms. The van der Waals surface area contributed by atoms with Crippen molar-refractivity contribution in [3.63, 3.8) is 0 Å². The number of nitrogens with one attached hydrogen (secondary N) is 1. The highest BCUT2D eigenvalue weighted by molar-refractivity contribution is 7.89. The molecule has 2 heterocycles. The van der Waals surface area contributed by atoms with E-state index in [-0.39, 0.29) is 24.0 Å². The fraction of sp³-hybridized carbons (Fsp3) is 0.333. The number of hydrogen-bond donors (Lipinski definition) is 1. The lowest BCUT2D eigenvalue weighted by Crippen LogP contribution is -2.52. The number of carbonyl (C=O) groups is 1. The van der Waals surface area contributed by atoms with E-state index in [1.807, 2.05) is 6.07 Å². The monoisotopic (exact) mass is 390 g/mol. The van der Waals surface area contributed by atoms with E-state index in [1.54, 1.807) is 47.5 Å². The van der Waals surface area contributed by atoms with Crippen LogP contribution < -0.4 is 10.1 Å². The molecule has 1 fully saturated rings. The number of pyridine rings is 1. The highest BCUT2D eigenvalue weighted by atomic mass is 32.2. The molecule has 0 unspecified atom stereocenters. The summed E-state index contributed by atoms with van der Waals surface area (Å²) in [4.78, 5) is 18.4. The average Bonchev–Trinajstić information content (AvgIpc) is 2.73. The molecule has 1 aliphatic heterocycles. The standard InChI is InChI=1S/C18H22N4O4S/c1-26-17-15(6-5-9-19-17)14-20-18(23)21-10-12-22(13-11-21)27(24,25)16-7-3-2-4-8-16/h2-9H,10-14H2,1H3,(H,20,23). The van der Waals surface area contributed by atoms with Crippen LogP contribution in [0.25, 0.3) is 0 Å². The van der Waals surface area contributed by atoms with Crippen LogP contribution in [0.15, 0.2) is 53.6 Å². The van der Waals surface area contributed by atoms with E-state index in [4.69, 9.17) is 4.74 Å². The number of rotatable bonds is 5. The summed E-state index contributed by atoms with van der Waals surface area (Å²) in [6, 6.07) is 11.7. The van der Waals surface area contributed by atoms with Gasteiger partial charge in [0.05, 0.1) is 12.0 Å². The lowest BCUT2D eigenvalue weighted by molar-refractivity contribution is 0.172. The number of urea groups is 1. The molecule has 8 nitrogen and oxygen atoms in total. The summed E-state index contributed by atoms with van der Waals surface area (Å²) >= 11 is 0. The second-order valence-electron chi connectivity index (χ2n) is 6.03. The lowest BCUT2D eigenvalue weighted by Gasteiger charge is -2.34. The number of amides is 2. The van der Waals surface area contributed by atoms with Crippen LogP contribution in [0.1, 0.15) is 5.56 Å². The molecule has 144 valence electrons. The molecule has 0 radical (unpaired) electrons. The Hall–Kier alpha value is -2.65. The molecule has 3 rings (SSSR count). The van der Waals surface area contributed by atoms with Crippen LogP contribution in [0.3, 0.4) is 0 Å². The van der Waals surface area contributed by atoms with Gasteiger partial charge in [-0.15, -0.1) is 0 Å². The molecular weight excluding hydrogens is 368 g/mol. The van der Waals surface area contributed by atoms with Gasteiger partial charge in [0.2, 0.25) is 15.9 Å². The fourth-order valence-corrected chi connectivity index (χ4v) is 4.34. The molecule has 1 saturated heterocycles. The average molecular weight is 390 g/mol. The Balaban J connectivity index is 1.55. The maximum absolute atomic E-state index is 12.6. The smallest absolute Gasteiger partial charge is 0.317 e. The van der Waals surface area contributed by atoms with Crippen LogP contribution in [-0.2, 0) is 16.6 Å². The quantitative estimate of drug-likeness (QED) is 0.831. The van der Waals surface area contributed by atoms with Crippen molar-refractivity contribution < 1.29 is 17.9 Å². The van der Waals surface area contributed by atoms with E-state index in [0.29, 0.717) is 25.5 Å². The third kappa shape index (κ3) is 4.37. The topological polar surface area (TPSA) is 91.8 Å². The number of nitrogens with zero attached hydrogens (tertiary/aromatic N) is 3. The Labute approximate surface area is 158 Å². The molecule has 0 saturated carbocycles. The summed E-state index contributed by atoms with van der Waals surface area (Å²) in [5, 5.41) is 2.83.